The van der Waals surface area contributed by atoms with Crippen LogP contribution < -0.4 is 14.8 Å². The highest BCUT2D eigenvalue weighted by atomic mass is 16.5. The molecule has 19 heavy (non-hydrogen) atoms. The van der Waals surface area contributed by atoms with Crippen LogP contribution in [0.3, 0.4) is 0 Å². The predicted octanol–water partition coefficient (Wildman–Crippen LogP) is 0.887. The molecule has 0 bridgehead atoms. The van der Waals surface area contributed by atoms with E-state index in [1.807, 2.05) is 6.07 Å². The Hall–Kier alpha value is -1.75. The Morgan fingerprint density at radius 1 is 1.32 bits per heavy atom. The van der Waals surface area contributed by atoms with Crippen molar-refractivity contribution in [3.05, 3.63) is 23.8 Å². The van der Waals surface area contributed by atoms with Gasteiger partial charge in [0.25, 0.3) is 0 Å². The lowest BCUT2D eigenvalue weighted by molar-refractivity contribution is -0.121. The van der Waals surface area contributed by atoms with Crippen molar-refractivity contribution in [1.82, 2.24) is 5.32 Å². The van der Waals surface area contributed by atoms with Crippen LogP contribution in [-0.4, -0.2) is 37.4 Å². The number of benzene rings is 1. The number of ether oxygens (including phenoxy) is 2. The molecule has 1 amide bonds. The summed E-state index contributed by atoms with van der Waals surface area (Å²) in [6.07, 6.45) is 1.96. The van der Waals surface area contributed by atoms with E-state index in [1.165, 1.54) is 0 Å². The number of carbonyl (C=O) groups is 1. The first kappa shape index (κ1) is 13.7. The topological polar surface area (TPSA) is 67.8 Å². The highest BCUT2D eigenvalue weighted by Crippen LogP contribution is 2.34. The van der Waals surface area contributed by atoms with Gasteiger partial charge in [0, 0.05) is 0 Å². The highest BCUT2D eigenvalue weighted by Gasteiger charge is 2.43. The smallest absolute Gasteiger partial charge is 0.224 e. The van der Waals surface area contributed by atoms with E-state index in [1.54, 1.807) is 26.4 Å². The molecular weight excluding hydrogens is 246 g/mol. The first-order valence-corrected chi connectivity index (χ1v) is 6.25. The molecule has 0 heterocycles. The Labute approximate surface area is 112 Å². The van der Waals surface area contributed by atoms with Gasteiger partial charge < -0.3 is 19.9 Å². The molecule has 0 radical (unpaired) electrons. The quantitative estimate of drug-likeness (QED) is 0.801. The van der Waals surface area contributed by atoms with E-state index in [0.29, 0.717) is 11.5 Å². The summed E-state index contributed by atoms with van der Waals surface area (Å²) in [6.45, 7) is 0.00464. The van der Waals surface area contributed by atoms with E-state index in [-0.39, 0.29) is 24.5 Å². The fourth-order valence-electron chi connectivity index (χ4n) is 1.99. The first-order valence-electron chi connectivity index (χ1n) is 6.25. The summed E-state index contributed by atoms with van der Waals surface area (Å²) in [5.41, 5.74) is 0.483. The van der Waals surface area contributed by atoms with Gasteiger partial charge in [-0.05, 0) is 30.5 Å². The van der Waals surface area contributed by atoms with Crippen molar-refractivity contribution in [3.8, 4) is 11.5 Å². The van der Waals surface area contributed by atoms with Gasteiger partial charge in [-0.3, -0.25) is 4.79 Å². The van der Waals surface area contributed by atoms with Crippen molar-refractivity contribution in [2.75, 3.05) is 20.8 Å². The third-order valence-electron chi connectivity index (χ3n) is 3.37. The van der Waals surface area contributed by atoms with Gasteiger partial charge in [0.2, 0.25) is 5.91 Å². The Bertz CT molecular complexity index is 469. The van der Waals surface area contributed by atoms with Crippen LogP contribution in [0, 0.1) is 0 Å². The van der Waals surface area contributed by atoms with E-state index in [0.717, 1.165) is 18.4 Å². The molecular formula is C14H19NO4. The zero-order valence-corrected chi connectivity index (χ0v) is 11.2. The number of nitrogens with one attached hydrogen (secondary N) is 1. The van der Waals surface area contributed by atoms with Crippen molar-refractivity contribution in [1.29, 1.82) is 0 Å². The van der Waals surface area contributed by atoms with Crippen molar-refractivity contribution >= 4 is 5.91 Å². The van der Waals surface area contributed by atoms with Gasteiger partial charge in [-0.2, -0.15) is 0 Å². The molecule has 0 saturated heterocycles. The second kappa shape index (κ2) is 5.48. The molecule has 1 aromatic rings. The summed E-state index contributed by atoms with van der Waals surface area (Å²) in [4.78, 5) is 11.9. The number of hydrogen-bond donors (Lipinski definition) is 2. The van der Waals surface area contributed by atoms with Crippen LogP contribution in [0.15, 0.2) is 18.2 Å². The van der Waals surface area contributed by atoms with E-state index in [2.05, 4.69) is 5.32 Å². The predicted molar refractivity (Wildman–Crippen MR) is 70.4 cm³/mol. The molecule has 1 fully saturated rings. The van der Waals surface area contributed by atoms with Crippen LogP contribution >= 0.6 is 0 Å². The lowest BCUT2D eigenvalue weighted by Crippen LogP contribution is -2.40. The molecule has 0 spiro atoms. The van der Waals surface area contributed by atoms with Crippen molar-refractivity contribution in [3.63, 3.8) is 0 Å². The number of aliphatic hydroxyl groups excluding tert-OH is 1. The summed E-state index contributed by atoms with van der Waals surface area (Å²) in [5, 5.41) is 12.0. The minimum atomic E-state index is -0.367. The standard InChI is InChI=1S/C14H19NO4/c1-18-11-4-3-10(7-12(11)19-2)8-13(17)15-14(9-16)5-6-14/h3-4,7,16H,5-6,8-9H2,1-2H3,(H,15,17). The molecule has 2 N–H and O–H groups in total. The molecule has 1 aliphatic rings. The third kappa shape index (κ3) is 3.17. The van der Waals surface area contributed by atoms with E-state index in [4.69, 9.17) is 9.47 Å². The van der Waals surface area contributed by atoms with Gasteiger partial charge >= 0.3 is 0 Å². The average molecular weight is 265 g/mol. The number of rotatable bonds is 6. The maximum absolute atomic E-state index is 11.9. The second-order valence-electron chi connectivity index (χ2n) is 4.85. The van der Waals surface area contributed by atoms with Crippen LogP contribution in [0.5, 0.6) is 11.5 Å². The molecule has 0 aliphatic heterocycles. The molecule has 1 aliphatic carbocycles. The van der Waals surface area contributed by atoms with Gasteiger partial charge in [0.15, 0.2) is 11.5 Å². The minimum absolute atomic E-state index is 0.00464. The number of aliphatic hydroxyl groups is 1. The number of methoxy groups -OCH3 is 2. The summed E-state index contributed by atoms with van der Waals surface area (Å²) < 4.78 is 10.3. The van der Waals surface area contributed by atoms with Crippen LogP contribution in [-0.2, 0) is 11.2 Å². The van der Waals surface area contributed by atoms with E-state index >= 15 is 0 Å². The minimum Gasteiger partial charge on any atom is -0.493 e. The van der Waals surface area contributed by atoms with Gasteiger partial charge in [0.1, 0.15) is 0 Å². The lowest BCUT2D eigenvalue weighted by atomic mass is 10.1. The Morgan fingerprint density at radius 2 is 2.00 bits per heavy atom. The van der Waals surface area contributed by atoms with E-state index < -0.39 is 0 Å². The zero-order valence-electron chi connectivity index (χ0n) is 11.2. The molecule has 0 aromatic heterocycles. The maximum atomic E-state index is 11.9. The lowest BCUT2D eigenvalue weighted by Gasteiger charge is -2.14. The van der Waals surface area contributed by atoms with Crippen molar-refractivity contribution < 1.29 is 19.4 Å². The Kier molecular flexibility index (Phi) is 3.95. The largest absolute Gasteiger partial charge is 0.493 e. The Morgan fingerprint density at radius 3 is 2.53 bits per heavy atom. The summed E-state index contributed by atoms with van der Waals surface area (Å²) >= 11 is 0. The normalized spacial score (nSPS) is 15.7. The molecule has 1 aromatic carbocycles. The first-order chi connectivity index (χ1) is 9.12. The highest BCUT2D eigenvalue weighted by molar-refractivity contribution is 5.80. The maximum Gasteiger partial charge on any atom is 0.224 e. The van der Waals surface area contributed by atoms with E-state index in [9.17, 15) is 9.90 Å². The van der Waals surface area contributed by atoms with Gasteiger partial charge in [0.05, 0.1) is 32.8 Å². The molecule has 0 atom stereocenters. The van der Waals surface area contributed by atoms with Crippen molar-refractivity contribution in [2.45, 2.75) is 24.8 Å². The number of hydrogen-bond acceptors (Lipinski definition) is 4. The second-order valence-corrected chi connectivity index (χ2v) is 4.85. The number of carbonyl (C=O) groups excluding carboxylic acids is 1. The van der Waals surface area contributed by atoms with Crippen LogP contribution in [0.25, 0.3) is 0 Å². The SMILES string of the molecule is COc1ccc(CC(=O)NC2(CO)CC2)cc1OC. The van der Waals surface area contributed by atoms with Gasteiger partial charge in [-0.15, -0.1) is 0 Å². The monoisotopic (exact) mass is 265 g/mol. The molecule has 0 unspecified atom stereocenters. The molecule has 5 nitrogen and oxygen atoms in total. The fourth-order valence-corrected chi connectivity index (χ4v) is 1.99. The van der Waals surface area contributed by atoms with Crippen molar-refractivity contribution in [2.24, 2.45) is 0 Å². The number of amides is 1. The molecule has 2 rings (SSSR count). The van der Waals surface area contributed by atoms with Gasteiger partial charge in [-0.1, -0.05) is 6.07 Å². The summed E-state index contributed by atoms with van der Waals surface area (Å²) in [6, 6.07) is 5.40. The molecule has 5 heteroatoms. The van der Waals surface area contributed by atoms with Crippen LogP contribution in [0.4, 0.5) is 0 Å². The third-order valence-corrected chi connectivity index (χ3v) is 3.37. The fraction of sp³-hybridized carbons (Fsp3) is 0.500. The molecule has 1 saturated carbocycles. The summed E-state index contributed by atoms with van der Waals surface area (Å²) in [5.74, 6) is 1.16. The van der Waals surface area contributed by atoms with Crippen LogP contribution in [0.2, 0.25) is 0 Å². The molecule has 104 valence electrons. The zero-order chi connectivity index (χ0) is 13.9. The summed E-state index contributed by atoms with van der Waals surface area (Å²) in [7, 11) is 3.13. The van der Waals surface area contributed by atoms with Gasteiger partial charge in [-0.25, -0.2) is 0 Å². The average Bonchev–Trinajstić information content (AvgIpc) is 3.18. The van der Waals surface area contributed by atoms with Crippen LogP contribution in [0.1, 0.15) is 18.4 Å². The Balaban J connectivity index is 2.00.